The van der Waals surface area contributed by atoms with Gasteiger partial charge in [-0.1, -0.05) is 15.9 Å². The molecule has 5 heteroatoms. The van der Waals surface area contributed by atoms with Crippen LogP contribution in [0.2, 0.25) is 0 Å². The van der Waals surface area contributed by atoms with E-state index in [1.807, 2.05) is 19.9 Å². The molecule has 0 aliphatic heterocycles. The Labute approximate surface area is 131 Å². The number of aryl methyl sites for hydroxylation is 1. The molecule has 1 atom stereocenters. The lowest BCUT2D eigenvalue weighted by Gasteiger charge is -2.32. The molecule has 2 aromatic rings. The van der Waals surface area contributed by atoms with Gasteiger partial charge in [0, 0.05) is 15.6 Å². The van der Waals surface area contributed by atoms with E-state index in [0.717, 1.165) is 40.3 Å². The Morgan fingerprint density at radius 3 is 2.81 bits per heavy atom. The maximum Gasteiger partial charge on any atom is 0.250 e. The van der Waals surface area contributed by atoms with Gasteiger partial charge >= 0.3 is 0 Å². The van der Waals surface area contributed by atoms with Crippen LogP contribution in [0.4, 0.5) is 0 Å². The first-order valence-electron chi connectivity index (χ1n) is 7.13. The summed E-state index contributed by atoms with van der Waals surface area (Å²) < 4.78 is 0.974. The minimum absolute atomic E-state index is 0.217. The van der Waals surface area contributed by atoms with E-state index in [4.69, 9.17) is 5.73 Å². The van der Waals surface area contributed by atoms with Crippen molar-refractivity contribution >= 4 is 32.7 Å². The number of rotatable bonds is 2. The van der Waals surface area contributed by atoms with Gasteiger partial charge in [0.2, 0.25) is 0 Å². The van der Waals surface area contributed by atoms with E-state index < -0.39 is 11.5 Å². The third-order valence-corrected chi connectivity index (χ3v) is 5.22. The summed E-state index contributed by atoms with van der Waals surface area (Å²) in [5, 5.41) is 11.3. The summed E-state index contributed by atoms with van der Waals surface area (Å²) in [6, 6.07) is 3.61. The van der Waals surface area contributed by atoms with Crippen LogP contribution in [0.25, 0.3) is 10.9 Å². The number of aromatic amines is 1. The van der Waals surface area contributed by atoms with Crippen molar-refractivity contribution in [1.29, 1.82) is 0 Å². The Hall–Kier alpha value is -1.33. The van der Waals surface area contributed by atoms with Crippen molar-refractivity contribution in [2.24, 2.45) is 11.7 Å². The summed E-state index contributed by atoms with van der Waals surface area (Å²) in [6.45, 7) is 3.71. The molecule has 0 unspecified atom stereocenters. The predicted octanol–water partition coefficient (Wildman–Crippen LogP) is 2.91. The second kappa shape index (κ2) is 4.85. The van der Waals surface area contributed by atoms with Crippen LogP contribution in [0.3, 0.4) is 0 Å². The van der Waals surface area contributed by atoms with E-state index in [9.17, 15) is 9.90 Å². The largest absolute Gasteiger partial charge is 0.390 e. The van der Waals surface area contributed by atoms with Crippen LogP contribution >= 0.6 is 15.9 Å². The highest BCUT2D eigenvalue weighted by molar-refractivity contribution is 9.10. The van der Waals surface area contributed by atoms with Gasteiger partial charge in [0.25, 0.3) is 5.91 Å². The number of carbonyl (C=O) groups is 1. The summed E-state index contributed by atoms with van der Waals surface area (Å²) in [5.41, 5.74) is 8.44. The molecule has 1 aromatic carbocycles. The van der Waals surface area contributed by atoms with E-state index in [-0.39, 0.29) is 5.92 Å². The Bertz CT molecular complexity index is 728. The molecule has 1 aliphatic carbocycles. The maximum absolute atomic E-state index is 11.6. The number of fused-ring (bicyclic) bond motifs is 3. The number of primary amides is 1. The molecule has 0 radical (unpaired) electrons. The molecule has 1 amide bonds. The third-order valence-electron chi connectivity index (χ3n) is 4.55. The fourth-order valence-corrected chi connectivity index (χ4v) is 3.87. The highest BCUT2D eigenvalue weighted by atomic mass is 79.9. The van der Waals surface area contributed by atoms with Gasteiger partial charge in [-0.05, 0) is 56.7 Å². The van der Waals surface area contributed by atoms with E-state index in [0.29, 0.717) is 5.56 Å². The molecule has 1 heterocycles. The number of aliphatic hydroxyl groups is 1. The van der Waals surface area contributed by atoms with Crippen LogP contribution in [-0.2, 0) is 12.8 Å². The number of halogens is 1. The van der Waals surface area contributed by atoms with Gasteiger partial charge in [-0.3, -0.25) is 4.79 Å². The Kier molecular flexibility index (Phi) is 3.37. The minimum atomic E-state index is -0.696. The number of aromatic nitrogens is 1. The van der Waals surface area contributed by atoms with Gasteiger partial charge < -0.3 is 15.8 Å². The molecule has 1 aromatic heterocycles. The van der Waals surface area contributed by atoms with Crippen LogP contribution in [0.1, 0.15) is 41.9 Å². The fourth-order valence-electron chi connectivity index (χ4n) is 3.30. The lowest BCUT2D eigenvalue weighted by molar-refractivity contribution is 0.0107. The van der Waals surface area contributed by atoms with E-state index in [1.54, 1.807) is 6.07 Å². The fraction of sp³-hybridized carbons (Fsp3) is 0.438. The van der Waals surface area contributed by atoms with Gasteiger partial charge in [0.05, 0.1) is 16.7 Å². The number of hydrogen-bond acceptors (Lipinski definition) is 2. The Balaban J connectivity index is 2.17. The summed E-state index contributed by atoms with van der Waals surface area (Å²) in [5.74, 6) is -0.209. The highest BCUT2D eigenvalue weighted by Crippen LogP contribution is 2.39. The quantitative estimate of drug-likeness (QED) is 0.778. The molecule has 0 saturated heterocycles. The zero-order valence-electron chi connectivity index (χ0n) is 12.2. The highest BCUT2D eigenvalue weighted by Gasteiger charge is 2.32. The first-order valence-corrected chi connectivity index (χ1v) is 7.92. The number of nitrogens with one attached hydrogen (secondary N) is 1. The third kappa shape index (κ3) is 2.38. The second-order valence-corrected chi connectivity index (χ2v) is 7.24. The predicted molar refractivity (Wildman–Crippen MR) is 86.3 cm³/mol. The van der Waals surface area contributed by atoms with Crippen molar-refractivity contribution in [1.82, 2.24) is 4.98 Å². The smallest absolute Gasteiger partial charge is 0.250 e. The first-order chi connectivity index (χ1) is 9.79. The molecule has 0 bridgehead atoms. The molecule has 112 valence electrons. The summed E-state index contributed by atoms with van der Waals surface area (Å²) in [6.07, 6.45) is 2.62. The van der Waals surface area contributed by atoms with Crippen molar-refractivity contribution in [3.63, 3.8) is 0 Å². The monoisotopic (exact) mass is 350 g/mol. The lowest BCUT2D eigenvalue weighted by atomic mass is 9.78. The number of amides is 1. The van der Waals surface area contributed by atoms with Crippen LogP contribution in [0.15, 0.2) is 16.6 Å². The van der Waals surface area contributed by atoms with Crippen molar-refractivity contribution < 1.29 is 9.90 Å². The lowest BCUT2D eigenvalue weighted by Crippen LogP contribution is -2.34. The van der Waals surface area contributed by atoms with Crippen LogP contribution < -0.4 is 5.73 Å². The van der Waals surface area contributed by atoms with Crippen LogP contribution in [0, 0.1) is 5.92 Å². The Morgan fingerprint density at radius 2 is 2.19 bits per heavy atom. The zero-order valence-corrected chi connectivity index (χ0v) is 13.8. The van der Waals surface area contributed by atoms with Crippen LogP contribution in [0.5, 0.6) is 0 Å². The van der Waals surface area contributed by atoms with Gasteiger partial charge in [-0.25, -0.2) is 0 Å². The molecule has 0 saturated carbocycles. The van der Waals surface area contributed by atoms with E-state index in [2.05, 4.69) is 20.9 Å². The van der Waals surface area contributed by atoms with Gasteiger partial charge in [0.1, 0.15) is 0 Å². The molecule has 3 rings (SSSR count). The standard InChI is InChI=1S/C16H19BrN2O2/c1-16(2,21)8-3-4-9-12(7-8)19-14-10(15(18)20)5-6-11(17)13(9)14/h5-6,8,19,21H,3-4,7H2,1-2H3,(H2,18,20)/t8-/m0/s1. The van der Waals surface area contributed by atoms with Crippen molar-refractivity contribution in [2.75, 3.05) is 0 Å². The normalized spacial score (nSPS) is 18.8. The minimum Gasteiger partial charge on any atom is -0.390 e. The molecule has 1 aliphatic rings. The Morgan fingerprint density at radius 1 is 1.48 bits per heavy atom. The molecule has 4 N–H and O–H groups in total. The van der Waals surface area contributed by atoms with E-state index >= 15 is 0 Å². The maximum atomic E-state index is 11.6. The molecule has 4 nitrogen and oxygen atoms in total. The second-order valence-electron chi connectivity index (χ2n) is 6.38. The number of hydrogen-bond donors (Lipinski definition) is 3. The average molecular weight is 351 g/mol. The zero-order chi connectivity index (χ0) is 15.4. The summed E-state index contributed by atoms with van der Waals surface area (Å²) in [4.78, 5) is 15.0. The first kappa shape index (κ1) is 14.6. The average Bonchev–Trinajstić information content (AvgIpc) is 2.76. The number of benzene rings is 1. The van der Waals surface area contributed by atoms with Gasteiger partial charge in [0.15, 0.2) is 0 Å². The molecule has 21 heavy (non-hydrogen) atoms. The van der Waals surface area contributed by atoms with Crippen molar-refractivity contribution in [2.45, 2.75) is 38.7 Å². The molecule has 0 spiro atoms. The van der Waals surface area contributed by atoms with Gasteiger partial charge in [-0.2, -0.15) is 0 Å². The molecular weight excluding hydrogens is 332 g/mol. The van der Waals surface area contributed by atoms with Crippen molar-refractivity contribution in [3.8, 4) is 0 Å². The molecule has 0 fully saturated rings. The van der Waals surface area contributed by atoms with Crippen molar-refractivity contribution in [3.05, 3.63) is 33.4 Å². The number of carbonyl (C=O) groups excluding carboxylic acids is 1. The van der Waals surface area contributed by atoms with Crippen LogP contribution in [-0.4, -0.2) is 21.6 Å². The summed E-state index contributed by atoms with van der Waals surface area (Å²) in [7, 11) is 0. The summed E-state index contributed by atoms with van der Waals surface area (Å²) >= 11 is 3.57. The topological polar surface area (TPSA) is 79.1 Å². The van der Waals surface area contributed by atoms with Gasteiger partial charge in [-0.15, -0.1) is 0 Å². The number of nitrogens with two attached hydrogens (primary N) is 1. The number of H-pyrrole nitrogens is 1. The molecular formula is C16H19BrN2O2. The SMILES string of the molecule is CC(C)(O)[C@H]1CCc2c([nH]c3c(C(N)=O)ccc(Br)c23)C1. The van der Waals surface area contributed by atoms with E-state index in [1.165, 1.54) is 5.56 Å².